The summed E-state index contributed by atoms with van der Waals surface area (Å²) >= 11 is 7.82. The van der Waals surface area contributed by atoms with Crippen LogP contribution in [0, 0.1) is 6.92 Å². The Morgan fingerprint density at radius 3 is 3.08 bits per heavy atom. The molecule has 2 rings (SSSR count). The Hall–Kier alpha value is -0.340. The minimum Gasteiger partial charge on any atom is -0.246 e. The van der Waals surface area contributed by atoms with Gasteiger partial charge in [0.2, 0.25) is 0 Å². The molecule has 1 aliphatic carbocycles. The van der Waals surface area contributed by atoms with Crippen LogP contribution >= 0.6 is 22.9 Å². The normalized spacial score (nSPS) is 27.2. The lowest BCUT2D eigenvalue weighted by Gasteiger charge is -2.17. The topological polar surface area (TPSA) is 12.9 Å². The van der Waals surface area contributed by atoms with E-state index in [2.05, 4.69) is 18.0 Å². The molecule has 2 unspecified atom stereocenters. The SMILES string of the molecule is Cc1nc2c(s1)C=CC(Cl)C2C. The summed E-state index contributed by atoms with van der Waals surface area (Å²) in [5.41, 5.74) is 1.17. The van der Waals surface area contributed by atoms with E-state index < -0.39 is 0 Å². The third kappa shape index (κ3) is 1.19. The van der Waals surface area contributed by atoms with Crippen molar-refractivity contribution >= 4 is 29.0 Å². The van der Waals surface area contributed by atoms with Gasteiger partial charge in [-0.1, -0.05) is 13.0 Å². The molecule has 0 aromatic carbocycles. The van der Waals surface area contributed by atoms with Crippen LogP contribution < -0.4 is 0 Å². The summed E-state index contributed by atoms with van der Waals surface area (Å²) in [6.07, 6.45) is 4.13. The van der Waals surface area contributed by atoms with Crippen LogP contribution in [0.2, 0.25) is 0 Å². The van der Waals surface area contributed by atoms with Crippen molar-refractivity contribution in [3.05, 3.63) is 21.7 Å². The molecule has 12 heavy (non-hydrogen) atoms. The zero-order chi connectivity index (χ0) is 8.72. The number of alkyl halides is 1. The van der Waals surface area contributed by atoms with Crippen molar-refractivity contribution < 1.29 is 0 Å². The Bertz CT molecular complexity index is 329. The Balaban J connectivity index is 2.50. The van der Waals surface area contributed by atoms with Gasteiger partial charge in [-0.2, -0.15) is 0 Å². The highest BCUT2D eigenvalue weighted by atomic mass is 35.5. The summed E-state index contributed by atoms with van der Waals surface area (Å²) in [5.74, 6) is 0.358. The van der Waals surface area contributed by atoms with Crippen LogP contribution in [0.4, 0.5) is 0 Å². The van der Waals surface area contributed by atoms with Gasteiger partial charge in [-0.3, -0.25) is 0 Å². The molecule has 1 aliphatic rings. The first-order chi connectivity index (χ1) is 5.68. The van der Waals surface area contributed by atoms with Gasteiger partial charge in [-0.05, 0) is 13.0 Å². The molecule has 0 aliphatic heterocycles. The summed E-state index contributed by atoms with van der Waals surface area (Å²) in [5, 5.41) is 1.24. The van der Waals surface area contributed by atoms with Crippen molar-refractivity contribution in [3.8, 4) is 0 Å². The second-order valence-electron chi connectivity index (χ2n) is 3.07. The molecule has 1 aromatic heterocycles. The summed E-state index contributed by atoms with van der Waals surface area (Å²) in [4.78, 5) is 5.74. The van der Waals surface area contributed by atoms with Gasteiger partial charge in [-0.25, -0.2) is 4.98 Å². The quantitative estimate of drug-likeness (QED) is 0.585. The lowest BCUT2D eigenvalue weighted by molar-refractivity contribution is 0.753. The molecule has 0 radical (unpaired) electrons. The molecule has 0 bridgehead atoms. The first-order valence-electron chi connectivity index (χ1n) is 3.98. The van der Waals surface area contributed by atoms with Crippen molar-refractivity contribution in [3.63, 3.8) is 0 Å². The van der Waals surface area contributed by atoms with Crippen LogP contribution in [-0.2, 0) is 0 Å². The van der Waals surface area contributed by atoms with Crippen molar-refractivity contribution in [1.29, 1.82) is 0 Å². The van der Waals surface area contributed by atoms with Gasteiger partial charge in [0, 0.05) is 5.92 Å². The largest absolute Gasteiger partial charge is 0.246 e. The maximum Gasteiger partial charge on any atom is 0.0903 e. The van der Waals surface area contributed by atoms with E-state index in [1.165, 1.54) is 10.6 Å². The molecule has 0 N–H and O–H groups in total. The van der Waals surface area contributed by atoms with Gasteiger partial charge in [0.25, 0.3) is 0 Å². The van der Waals surface area contributed by atoms with E-state index in [1.807, 2.05) is 13.0 Å². The molecule has 0 saturated heterocycles. The Kier molecular flexibility index (Phi) is 1.97. The minimum absolute atomic E-state index is 0.110. The van der Waals surface area contributed by atoms with Gasteiger partial charge in [0.05, 0.1) is 21.0 Å². The van der Waals surface area contributed by atoms with E-state index in [4.69, 9.17) is 11.6 Å². The van der Waals surface area contributed by atoms with Crippen LogP contribution in [-0.4, -0.2) is 10.4 Å². The number of aryl methyl sites for hydroxylation is 1. The van der Waals surface area contributed by atoms with Gasteiger partial charge in [-0.15, -0.1) is 22.9 Å². The van der Waals surface area contributed by atoms with Gasteiger partial charge in [0.15, 0.2) is 0 Å². The van der Waals surface area contributed by atoms with Crippen LogP contribution in [0.15, 0.2) is 6.08 Å². The number of hydrogen-bond donors (Lipinski definition) is 0. The van der Waals surface area contributed by atoms with E-state index in [1.54, 1.807) is 11.3 Å². The first kappa shape index (κ1) is 8.27. The highest BCUT2D eigenvalue weighted by Gasteiger charge is 2.23. The molecular formula is C9H10ClNS. The second-order valence-corrected chi connectivity index (χ2v) is 4.81. The van der Waals surface area contributed by atoms with Crippen LogP contribution in [0.25, 0.3) is 6.08 Å². The van der Waals surface area contributed by atoms with E-state index in [-0.39, 0.29) is 5.38 Å². The fraction of sp³-hybridized carbons (Fsp3) is 0.444. The number of thiazole rings is 1. The molecular weight excluding hydrogens is 190 g/mol. The Morgan fingerprint density at radius 2 is 2.33 bits per heavy atom. The highest BCUT2D eigenvalue weighted by Crippen LogP contribution is 2.34. The van der Waals surface area contributed by atoms with E-state index in [0.717, 1.165) is 5.01 Å². The smallest absolute Gasteiger partial charge is 0.0903 e. The molecule has 64 valence electrons. The Labute approximate surface area is 81.1 Å². The third-order valence-corrected chi connectivity index (χ3v) is 3.60. The lowest BCUT2D eigenvalue weighted by atomic mass is 9.98. The predicted molar refractivity (Wildman–Crippen MR) is 53.9 cm³/mol. The fourth-order valence-electron chi connectivity index (χ4n) is 1.40. The molecule has 0 spiro atoms. The summed E-state index contributed by atoms with van der Waals surface area (Å²) < 4.78 is 0. The van der Waals surface area contributed by atoms with Crippen LogP contribution in [0.5, 0.6) is 0 Å². The van der Waals surface area contributed by atoms with Gasteiger partial charge in [0.1, 0.15) is 0 Å². The Morgan fingerprint density at radius 1 is 1.58 bits per heavy atom. The average molecular weight is 200 g/mol. The molecule has 0 fully saturated rings. The number of hydrogen-bond acceptors (Lipinski definition) is 2. The first-order valence-corrected chi connectivity index (χ1v) is 5.23. The van der Waals surface area contributed by atoms with Crippen LogP contribution in [0.3, 0.4) is 0 Å². The van der Waals surface area contributed by atoms with E-state index >= 15 is 0 Å². The highest BCUT2D eigenvalue weighted by molar-refractivity contribution is 7.12. The minimum atomic E-state index is 0.110. The standard InChI is InChI=1S/C9H10ClNS/c1-5-7(10)3-4-8-9(5)11-6(2)12-8/h3-5,7H,1-2H3. The number of rotatable bonds is 0. The second kappa shape index (κ2) is 2.86. The maximum atomic E-state index is 6.08. The molecule has 0 amide bonds. The van der Waals surface area contributed by atoms with E-state index in [9.17, 15) is 0 Å². The molecule has 3 heteroatoms. The molecule has 2 atom stereocenters. The van der Waals surface area contributed by atoms with Crippen LogP contribution in [0.1, 0.15) is 28.4 Å². The monoisotopic (exact) mass is 199 g/mol. The maximum absolute atomic E-state index is 6.08. The van der Waals surface area contributed by atoms with Crippen molar-refractivity contribution in [2.24, 2.45) is 0 Å². The zero-order valence-electron chi connectivity index (χ0n) is 7.04. The van der Waals surface area contributed by atoms with Gasteiger partial charge < -0.3 is 0 Å². The molecule has 1 aromatic rings. The zero-order valence-corrected chi connectivity index (χ0v) is 8.62. The lowest BCUT2D eigenvalue weighted by Crippen LogP contribution is -2.11. The number of fused-ring (bicyclic) bond motifs is 1. The number of allylic oxidation sites excluding steroid dienone is 1. The molecule has 1 nitrogen and oxygen atoms in total. The molecule has 1 heterocycles. The summed E-state index contributed by atoms with van der Waals surface area (Å²) in [7, 11) is 0. The number of nitrogens with zero attached hydrogens (tertiary/aromatic N) is 1. The molecule has 0 saturated carbocycles. The van der Waals surface area contributed by atoms with E-state index in [0.29, 0.717) is 5.92 Å². The number of aromatic nitrogens is 1. The summed E-state index contributed by atoms with van der Waals surface area (Å²) in [6, 6.07) is 0. The summed E-state index contributed by atoms with van der Waals surface area (Å²) in [6.45, 7) is 4.16. The van der Waals surface area contributed by atoms with Crippen molar-refractivity contribution in [2.75, 3.05) is 0 Å². The van der Waals surface area contributed by atoms with Crippen molar-refractivity contribution in [1.82, 2.24) is 4.98 Å². The third-order valence-electron chi connectivity index (χ3n) is 2.13. The van der Waals surface area contributed by atoms with Crippen molar-refractivity contribution in [2.45, 2.75) is 25.1 Å². The number of halogens is 1. The fourth-order valence-corrected chi connectivity index (χ4v) is 2.54. The predicted octanol–water partition coefficient (Wildman–Crippen LogP) is 3.19. The van der Waals surface area contributed by atoms with Gasteiger partial charge >= 0.3 is 0 Å². The average Bonchev–Trinajstić information content (AvgIpc) is 2.39.